The van der Waals surface area contributed by atoms with Crippen molar-refractivity contribution in [3.8, 4) is 0 Å². The Morgan fingerprint density at radius 2 is 2.00 bits per heavy atom. The van der Waals surface area contributed by atoms with Crippen molar-refractivity contribution in [3.05, 3.63) is 0 Å². The SMILES string of the molecule is O=C(OC[C@@H]1CCCN2CCCC[C@H]12)[C@H]1CCCNC1. The van der Waals surface area contributed by atoms with Crippen LogP contribution in [0.4, 0.5) is 0 Å². The molecule has 0 aromatic heterocycles. The highest BCUT2D eigenvalue weighted by molar-refractivity contribution is 5.72. The van der Waals surface area contributed by atoms with Gasteiger partial charge in [-0.3, -0.25) is 9.69 Å². The summed E-state index contributed by atoms with van der Waals surface area (Å²) in [4.78, 5) is 14.8. The van der Waals surface area contributed by atoms with Gasteiger partial charge in [-0.2, -0.15) is 0 Å². The Morgan fingerprint density at radius 1 is 1.10 bits per heavy atom. The third kappa shape index (κ3) is 3.34. The zero-order valence-corrected chi connectivity index (χ0v) is 12.5. The highest BCUT2D eigenvalue weighted by atomic mass is 16.5. The number of rotatable bonds is 3. The van der Waals surface area contributed by atoms with Crippen LogP contribution in [0.3, 0.4) is 0 Å². The summed E-state index contributed by atoms with van der Waals surface area (Å²) in [6, 6.07) is 0.676. The van der Waals surface area contributed by atoms with E-state index in [1.54, 1.807) is 0 Å². The maximum absolute atomic E-state index is 12.1. The van der Waals surface area contributed by atoms with Gasteiger partial charge >= 0.3 is 5.97 Å². The summed E-state index contributed by atoms with van der Waals surface area (Å²) in [5.41, 5.74) is 0. The van der Waals surface area contributed by atoms with Gasteiger partial charge in [-0.25, -0.2) is 0 Å². The van der Waals surface area contributed by atoms with E-state index in [2.05, 4.69) is 10.2 Å². The van der Waals surface area contributed by atoms with Crippen LogP contribution < -0.4 is 5.32 Å². The van der Waals surface area contributed by atoms with Crippen molar-refractivity contribution < 1.29 is 9.53 Å². The first kappa shape index (κ1) is 14.3. The fourth-order valence-corrected chi connectivity index (χ4v) is 4.13. The molecule has 1 N–H and O–H groups in total. The molecule has 0 spiro atoms. The van der Waals surface area contributed by atoms with Gasteiger partial charge in [0.1, 0.15) is 0 Å². The van der Waals surface area contributed by atoms with Crippen LogP contribution in [0.2, 0.25) is 0 Å². The van der Waals surface area contributed by atoms with Gasteiger partial charge in [-0.05, 0) is 58.2 Å². The Labute approximate surface area is 122 Å². The van der Waals surface area contributed by atoms with E-state index in [4.69, 9.17) is 4.74 Å². The Morgan fingerprint density at radius 3 is 2.85 bits per heavy atom. The average molecular weight is 280 g/mol. The number of hydrogen-bond donors (Lipinski definition) is 1. The van der Waals surface area contributed by atoms with E-state index in [9.17, 15) is 4.79 Å². The summed E-state index contributed by atoms with van der Waals surface area (Å²) in [5, 5.41) is 3.29. The Bertz CT molecular complexity index is 326. The molecule has 3 rings (SSSR count). The molecule has 4 heteroatoms. The van der Waals surface area contributed by atoms with Gasteiger partial charge in [0.2, 0.25) is 0 Å². The fourth-order valence-electron chi connectivity index (χ4n) is 4.13. The minimum Gasteiger partial charge on any atom is -0.465 e. The van der Waals surface area contributed by atoms with E-state index < -0.39 is 0 Å². The molecule has 114 valence electrons. The van der Waals surface area contributed by atoms with Crippen molar-refractivity contribution >= 4 is 5.97 Å². The molecule has 3 saturated heterocycles. The lowest BCUT2D eigenvalue weighted by atomic mass is 9.84. The van der Waals surface area contributed by atoms with Crippen molar-refractivity contribution in [2.24, 2.45) is 11.8 Å². The second-order valence-corrected chi connectivity index (χ2v) is 6.67. The number of hydrogen-bond acceptors (Lipinski definition) is 4. The van der Waals surface area contributed by atoms with Crippen LogP contribution in [0, 0.1) is 11.8 Å². The predicted octanol–water partition coefficient (Wildman–Crippen LogP) is 1.79. The minimum atomic E-state index is 0.0325. The van der Waals surface area contributed by atoms with Crippen LogP contribution in [-0.2, 0) is 9.53 Å². The van der Waals surface area contributed by atoms with E-state index in [1.807, 2.05) is 0 Å². The second-order valence-electron chi connectivity index (χ2n) is 6.67. The Balaban J connectivity index is 1.48. The highest BCUT2D eigenvalue weighted by Gasteiger charge is 2.34. The molecule has 3 aliphatic heterocycles. The average Bonchev–Trinajstić information content (AvgIpc) is 2.53. The first-order valence-corrected chi connectivity index (χ1v) is 8.46. The van der Waals surface area contributed by atoms with Crippen LogP contribution in [-0.4, -0.2) is 49.7 Å². The van der Waals surface area contributed by atoms with Gasteiger partial charge in [0, 0.05) is 18.5 Å². The highest BCUT2D eigenvalue weighted by Crippen LogP contribution is 2.31. The Kier molecular flexibility index (Phi) is 4.94. The smallest absolute Gasteiger partial charge is 0.310 e. The number of carbonyl (C=O) groups excluding carboxylic acids is 1. The zero-order chi connectivity index (χ0) is 13.8. The van der Waals surface area contributed by atoms with E-state index >= 15 is 0 Å². The summed E-state index contributed by atoms with van der Waals surface area (Å²) in [5.74, 6) is 0.699. The van der Waals surface area contributed by atoms with Gasteiger partial charge in [0.15, 0.2) is 0 Å². The van der Waals surface area contributed by atoms with E-state index in [0.717, 1.165) is 25.9 Å². The summed E-state index contributed by atoms with van der Waals surface area (Å²) in [7, 11) is 0. The molecule has 0 aliphatic carbocycles. The molecule has 0 aromatic rings. The van der Waals surface area contributed by atoms with E-state index in [0.29, 0.717) is 18.6 Å². The van der Waals surface area contributed by atoms with Crippen LogP contribution in [0.15, 0.2) is 0 Å². The van der Waals surface area contributed by atoms with Crippen LogP contribution in [0.25, 0.3) is 0 Å². The molecule has 4 nitrogen and oxygen atoms in total. The van der Waals surface area contributed by atoms with Gasteiger partial charge in [-0.1, -0.05) is 6.42 Å². The van der Waals surface area contributed by atoms with Gasteiger partial charge < -0.3 is 10.1 Å². The van der Waals surface area contributed by atoms with Gasteiger partial charge in [0.05, 0.1) is 12.5 Å². The molecule has 0 radical (unpaired) electrons. The number of carbonyl (C=O) groups is 1. The summed E-state index contributed by atoms with van der Waals surface area (Å²) >= 11 is 0. The quantitative estimate of drug-likeness (QED) is 0.800. The lowest BCUT2D eigenvalue weighted by Gasteiger charge is -2.44. The van der Waals surface area contributed by atoms with Crippen LogP contribution in [0.1, 0.15) is 44.9 Å². The van der Waals surface area contributed by atoms with Gasteiger partial charge in [-0.15, -0.1) is 0 Å². The molecule has 0 bridgehead atoms. The molecular weight excluding hydrogens is 252 g/mol. The van der Waals surface area contributed by atoms with Crippen molar-refractivity contribution in [3.63, 3.8) is 0 Å². The van der Waals surface area contributed by atoms with Crippen LogP contribution in [0.5, 0.6) is 0 Å². The van der Waals surface area contributed by atoms with E-state index in [1.165, 1.54) is 45.2 Å². The molecule has 3 atom stereocenters. The minimum absolute atomic E-state index is 0.0325. The monoisotopic (exact) mass is 280 g/mol. The maximum Gasteiger partial charge on any atom is 0.310 e. The molecule has 0 aromatic carbocycles. The molecule has 0 unspecified atom stereocenters. The molecule has 3 heterocycles. The first-order chi connectivity index (χ1) is 9.84. The molecule has 0 amide bonds. The molecule has 3 fully saturated rings. The van der Waals surface area contributed by atoms with Crippen LogP contribution >= 0.6 is 0 Å². The zero-order valence-electron chi connectivity index (χ0n) is 12.5. The standard InChI is InChI=1S/C16H28N2O2/c19-16(13-5-3-8-17-11-13)20-12-14-6-4-10-18-9-2-1-7-15(14)18/h13-15,17H,1-12H2/t13-,14-,15+/m0/s1. The third-order valence-electron chi connectivity index (χ3n) is 5.30. The van der Waals surface area contributed by atoms with Gasteiger partial charge in [0.25, 0.3) is 0 Å². The molecule has 20 heavy (non-hydrogen) atoms. The lowest BCUT2D eigenvalue weighted by Crippen LogP contribution is -2.49. The van der Waals surface area contributed by atoms with Crippen molar-refractivity contribution in [2.45, 2.75) is 51.0 Å². The summed E-state index contributed by atoms with van der Waals surface area (Å²) < 4.78 is 5.66. The fraction of sp³-hybridized carbons (Fsp3) is 0.938. The van der Waals surface area contributed by atoms with E-state index in [-0.39, 0.29) is 11.9 Å². The molecular formula is C16H28N2O2. The first-order valence-electron chi connectivity index (χ1n) is 8.46. The lowest BCUT2D eigenvalue weighted by molar-refractivity contribution is -0.152. The van der Waals surface area contributed by atoms with Crippen molar-refractivity contribution in [1.29, 1.82) is 0 Å². The van der Waals surface area contributed by atoms with Crippen molar-refractivity contribution in [2.75, 3.05) is 32.8 Å². The molecule has 0 saturated carbocycles. The maximum atomic E-state index is 12.1. The summed E-state index contributed by atoms with van der Waals surface area (Å²) in [6.07, 6.45) is 8.58. The largest absolute Gasteiger partial charge is 0.465 e. The number of fused-ring (bicyclic) bond motifs is 1. The number of nitrogens with one attached hydrogen (secondary N) is 1. The second kappa shape index (κ2) is 6.90. The number of esters is 1. The number of piperidine rings is 3. The number of ether oxygens (including phenoxy) is 1. The topological polar surface area (TPSA) is 41.6 Å². The third-order valence-corrected chi connectivity index (χ3v) is 5.30. The Hall–Kier alpha value is -0.610. The summed E-state index contributed by atoms with van der Waals surface area (Å²) in [6.45, 7) is 5.00. The number of nitrogens with zero attached hydrogens (tertiary/aromatic N) is 1. The normalized spacial score (nSPS) is 35.3. The van der Waals surface area contributed by atoms with Crippen molar-refractivity contribution in [1.82, 2.24) is 10.2 Å². The predicted molar refractivity (Wildman–Crippen MR) is 78.5 cm³/mol. The molecule has 3 aliphatic rings.